The number of benzene rings is 1. The number of rotatable bonds is 4. The van der Waals surface area contributed by atoms with Gasteiger partial charge in [0.1, 0.15) is 0 Å². The van der Waals surface area contributed by atoms with Crippen LogP contribution in [0.4, 0.5) is 0 Å². The molecule has 1 rings (SSSR count). The van der Waals surface area contributed by atoms with Gasteiger partial charge in [0.2, 0.25) is 0 Å². The van der Waals surface area contributed by atoms with Gasteiger partial charge in [0.25, 0.3) is 0 Å². The Labute approximate surface area is 77.8 Å². The lowest BCUT2D eigenvalue weighted by Gasteiger charge is -2.01. The Morgan fingerprint density at radius 2 is 1.69 bits per heavy atom. The lowest BCUT2D eigenvalue weighted by molar-refractivity contribution is 0.288. The SMILES string of the molecule is OCCCc1ccc(B(O)O)cc1. The molecule has 0 aliphatic carbocycles. The fourth-order valence-corrected chi connectivity index (χ4v) is 1.14. The first-order chi connectivity index (χ1) is 6.24. The van der Waals surface area contributed by atoms with Gasteiger partial charge in [-0.05, 0) is 23.9 Å². The highest BCUT2D eigenvalue weighted by Gasteiger charge is 2.09. The molecule has 3 nitrogen and oxygen atoms in total. The van der Waals surface area contributed by atoms with Crippen molar-refractivity contribution < 1.29 is 15.2 Å². The van der Waals surface area contributed by atoms with Crippen molar-refractivity contribution in [3.63, 3.8) is 0 Å². The van der Waals surface area contributed by atoms with Crippen LogP contribution in [0.25, 0.3) is 0 Å². The molecule has 0 atom stereocenters. The van der Waals surface area contributed by atoms with Gasteiger partial charge in [-0.25, -0.2) is 0 Å². The Morgan fingerprint density at radius 1 is 1.08 bits per heavy atom. The van der Waals surface area contributed by atoms with E-state index in [0.717, 1.165) is 18.4 Å². The van der Waals surface area contributed by atoms with E-state index in [-0.39, 0.29) is 6.61 Å². The molecule has 0 aromatic heterocycles. The Balaban J connectivity index is 2.59. The highest BCUT2D eigenvalue weighted by molar-refractivity contribution is 6.58. The first kappa shape index (κ1) is 10.2. The maximum Gasteiger partial charge on any atom is 0.488 e. The van der Waals surface area contributed by atoms with Crippen LogP contribution in [0.5, 0.6) is 0 Å². The first-order valence-electron chi connectivity index (χ1n) is 4.30. The first-order valence-corrected chi connectivity index (χ1v) is 4.30. The van der Waals surface area contributed by atoms with E-state index < -0.39 is 7.12 Å². The van der Waals surface area contributed by atoms with Gasteiger partial charge in [0.15, 0.2) is 0 Å². The highest BCUT2D eigenvalue weighted by atomic mass is 16.4. The molecule has 0 radical (unpaired) electrons. The van der Waals surface area contributed by atoms with Crippen molar-refractivity contribution in [1.82, 2.24) is 0 Å². The topological polar surface area (TPSA) is 60.7 Å². The van der Waals surface area contributed by atoms with E-state index in [0.29, 0.717) is 5.46 Å². The van der Waals surface area contributed by atoms with Gasteiger partial charge in [-0.3, -0.25) is 0 Å². The Morgan fingerprint density at radius 3 is 2.15 bits per heavy atom. The van der Waals surface area contributed by atoms with Crippen molar-refractivity contribution in [2.45, 2.75) is 12.8 Å². The van der Waals surface area contributed by atoms with Crippen molar-refractivity contribution in [2.24, 2.45) is 0 Å². The van der Waals surface area contributed by atoms with Crippen molar-refractivity contribution in [1.29, 1.82) is 0 Å². The second kappa shape index (κ2) is 5.02. The van der Waals surface area contributed by atoms with Crippen molar-refractivity contribution >= 4 is 12.6 Å². The van der Waals surface area contributed by atoms with Gasteiger partial charge >= 0.3 is 7.12 Å². The van der Waals surface area contributed by atoms with Crippen LogP contribution >= 0.6 is 0 Å². The van der Waals surface area contributed by atoms with E-state index in [1.54, 1.807) is 12.1 Å². The third-order valence-electron chi connectivity index (χ3n) is 1.90. The van der Waals surface area contributed by atoms with Crippen molar-refractivity contribution in [2.75, 3.05) is 6.61 Å². The fraction of sp³-hybridized carbons (Fsp3) is 0.333. The number of aliphatic hydroxyl groups excluding tert-OH is 1. The van der Waals surface area contributed by atoms with Crippen LogP contribution in [0.2, 0.25) is 0 Å². The van der Waals surface area contributed by atoms with E-state index in [4.69, 9.17) is 15.2 Å². The van der Waals surface area contributed by atoms with Crippen LogP contribution in [-0.2, 0) is 6.42 Å². The predicted octanol–water partition coefficient (Wildman–Crippen LogP) is -0.709. The number of aryl methyl sites for hydroxylation is 1. The minimum absolute atomic E-state index is 0.185. The summed E-state index contributed by atoms with van der Waals surface area (Å²) in [6.45, 7) is 0.185. The summed E-state index contributed by atoms with van der Waals surface area (Å²) in [5.74, 6) is 0. The molecule has 0 saturated heterocycles. The van der Waals surface area contributed by atoms with Gasteiger partial charge in [-0.1, -0.05) is 24.3 Å². The van der Waals surface area contributed by atoms with Crippen LogP contribution in [-0.4, -0.2) is 28.9 Å². The molecule has 0 amide bonds. The van der Waals surface area contributed by atoms with Crippen LogP contribution < -0.4 is 5.46 Å². The maximum atomic E-state index is 8.81. The van der Waals surface area contributed by atoms with Crippen LogP contribution in [0.15, 0.2) is 24.3 Å². The second-order valence-electron chi connectivity index (χ2n) is 2.94. The summed E-state index contributed by atoms with van der Waals surface area (Å²) in [5.41, 5.74) is 1.59. The second-order valence-corrected chi connectivity index (χ2v) is 2.94. The summed E-state index contributed by atoms with van der Waals surface area (Å²) < 4.78 is 0. The lowest BCUT2D eigenvalue weighted by atomic mass is 9.80. The smallest absolute Gasteiger partial charge is 0.423 e. The quantitative estimate of drug-likeness (QED) is 0.536. The molecule has 0 heterocycles. The summed E-state index contributed by atoms with van der Waals surface area (Å²) in [6, 6.07) is 7.03. The molecule has 1 aromatic rings. The average Bonchev–Trinajstić information content (AvgIpc) is 2.15. The lowest BCUT2D eigenvalue weighted by Crippen LogP contribution is -2.29. The molecule has 0 spiro atoms. The van der Waals surface area contributed by atoms with E-state index in [9.17, 15) is 0 Å². The molecule has 4 heteroatoms. The van der Waals surface area contributed by atoms with Crippen molar-refractivity contribution in [3.05, 3.63) is 29.8 Å². The minimum Gasteiger partial charge on any atom is -0.423 e. The highest BCUT2D eigenvalue weighted by Crippen LogP contribution is 2.00. The van der Waals surface area contributed by atoms with E-state index in [1.807, 2.05) is 12.1 Å². The third-order valence-corrected chi connectivity index (χ3v) is 1.90. The molecule has 3 N–H and O–H groups in total. The van der Waals surface area contributed by atoms with Crippen LogP contribution in [0.1, 0.15) is 12.0 Å². The maximum absolute atomic E-state index is 8.81. The Hall–Kier alpha value is -0.835. The summed E-state index contributed by atoms with van der Waals surface area (Å²) in [5, 5.41) is 26.2. The van der Waals surface area contributed by atoms with Gasteiger partial charge in [0, 0.05) is 6.61 Å². The van der Waals surface area contributed by atoms with Crippen molar-refractivity contribution in [3.8, 4) is 0 Å². The predicted molar refractivity (Wildman–Crippen MR) is 51.7 cm³/mol. The molecule has 0 bridgehead atoms. The zero-order valence-corrected chi connectivity index (χ0v) is 7.35. The monoisotopic (exact) mass is 180 g/mol. The minimum atomic E-state index is -1.40. The zero-order chi connectivity index (χ0) is 9.68. The molecule has 0 unspecified atom stereocenters. The Bertz CT molecular complexity index is 246. The largest absolute Gasteiger partial charge is 0.488 e. The molecule has 13 heavy (non-hydrogen) atoms. The van der Waals surface area contributed by atoms with Gasteiger partial charge in [-0.15, -0.1) is 0 Å². The normalized spacial score (nSPS) is 10.1. The zero-order valence-electron chi connectivity index (χ0n) is 7.35. The van der Waals surface area contributed by atoms with Crippen LogP contribution in [0.3, 0.4) is 0 Å². The fourth-order valence-electron chi connectivity index (χ4n) is 1.14. The third kappa shape index (κ3) is 3.18. The molecule has 0 fully saturated rings. The van der Waals surface area contributed by atoms with E-state index in [2.05, 4.69) is 0 Å². The molecule has 0 aliphatic rings. The molecular formula is C9H13BO3. The van der Waals surface area contributed by atoms with Crippen LogP contribution in [0, 0.1) is 0 Å². The molecule has 0 aliphatic heterocycles. The summed E-state index contributed by atoms with van der Waals surface area (Å²) in [7, 11) is -1.40. The standard InChI is InChI=1S/C9H13BO3/c11-7-1-2-8-3-5-9(6-4-8)10(12)13/h3-6,11-13H,1-2,7H2. The number of aliphatic hydroxyl groups is 1. The summed E-state index contributed by atoms with van der Waals surface area (Å²) in [6.07, 6.45) is 1.55. The number of hydrogen-bond donors (Lipinski definition) is 3. The molecular weight excluding hydrogens is 167 g/mol. The van der Waals surface area contributed by atoms with E-state index in [1.165, 1.54) is 0 Å². The van der Waals surface area contributed by atoms with Gasteiger partial charge in [-0.2, -0.15) is 0 Å². The van der Waals surface area contributed by atoms with Gasteiger partial charge < -0.3 is 15.2 Å². The molecule has 1 aromatic carbocycles. The molecule has 70 valence electrons. The summed E-state index contributed by atoms with van der Waals surface area (Å²) >= 11 is 0. The molecule has 0 saturated carbocycles. The van der Waals surface area contributed by atoms with E-state index >= 15 is 0 Å². The average molecular weight is 180 g/mol. The van der Waals surface area contributed by atoms with Gasteiger partial charge in [0.05, 0.1) is 0 Å². The number of hydrogen-bond acceptors (Lipinski definition) is 3. The Kier molecular flexibility index (Phi) is 3.95. The summed E-state index contributed by atoms with van der Waals surface area (Å²) in [4.78, 5) is 0.